The molecule has 0 aromatic heterocycles. The summed E-state index contributed by atoms with van der Waals surface area (Å²) >= 11 is 0. The van der Waals surface area contributed by atoms with Gasteiger partial charge >= 0.3 is 0 Å². The third-order valence-electron chi connectivity index (χ3n) is 5.67. The van der Waals surface area contributed by atoms with Crippen LogP contribution in [0.3, 0.4) is 0 Å². The average molecular weight is 377 g/mol. The van der Waals surface area contributed by atoms with Crippen LogP contribution in [0.1, 0.15) is 25.0 Å². The molecule has 144 valence electrons. The summed E-state index contributed by atoms with van der Waals surface area (Å²) in [5, 5.41) is 0. The second-order valence-electron chi connectivity index (χ2n) is 6.98. The Morgan fingerprint density at radius 3 is 1.86 bits per heavy atom. The normalized spacial score (nSPS) is 21.3. The zero-order chi connectivity index (χ0) is 21.0. The van der Waals surface area contributed by atoms with Crippen molar-refractivity contribution in [2.24, 2.45) is 0 Å². The highest BCUT2D eigenvalue weighted by Gasteiger charge is 2.51. The zero-order valence-electron chi connectivity index (χ0n) is 17.4. The molecule has 0 nitrogen and oxygen atoms in total. The maximum Gasteiger partial charge on any atom is 0.0725 e. The molecule has 1 aromatic carbocycles. The van der Waals surface area contributed by atoms with Gasteiger partial charge in [0.05, 0.1) is 5.41 Å². The lowest BCUT2D eigenvalue weighted by Gasteiger charge is -2.33. The molecule has 1 atom stereocenters. The van der Waals surface area contributed by atoms with Crippen LogP contribution in [-0.2, 0) is 5.41 Å². The Morgan fingerprint density at radius 2 is 1.31 bits per heavy atom. The first-order valence-corrected chi connectivity index (χ1v) is 9.93. The Kier molecular flexibility index (Phi) is 5.84. The number of fused-ring (bicyclic) bond motifs is 2. The zero-order valence-corrected chi connectivity index (χ0v) is 17.4. The van der Waals surface area contributed by atoms with Gasteiger partial charge < -0.3 is 0 Å². The fraction of sp³-hybridized carbons (Fsp3) is 0.103. The quantitative estimate of drug-likeness (QED) is 0.427. The van der Waals surface area contributed by atoms with Crippen LogP contribution in [0, 0.1) is 0 Å². The van der Waals surface area contributed by atoms with E-state index in [1.807, 2.05) is 30.4 Å². The maximum absolute atomic E-state index is 4.23. The summed E-state index contributed by atoms with van der Waals surface area (Å²) in [5.41, 5.74) is 9.03. The number of rotatable bonds is 7. The molecule has 3 rings (SSSR count). The molecule has 0 saturated heterocycles. The predicted molar refractivity (Wildman–Crippen MR) is 129 cm³/mol. The van der Waals surface area contributed by atoms with Crippen LogP contribution in [0.25, 0.3) is 5.57 Å². The number of hydrogen-bond donors (Lipinski definition) is 0. The number of benzene rings is 1. The molecule has 2 aliphatic carbocycles. The Balaban J connectivity index is 2.62. The SMILES string of the molecule is C=C/C=C\C1=C(C=C)C(C=C)=C(/C=C\C)C12C(C=C)=C(/C=C\C)c1ccccc12. The van der Waals surface area contributed by atoms with Crippen LogP contribution in [0.4, 0.5) is 0 Å². The van der Waals surface area contributed by atoms with Gasteiger partial charge in [-0.1, -0.05) is 111 Å². The van der Waals surface area contributed by atoms with E-state index in [0.717, 1.165) is 11.1 Å². The molecule has 1 aromatic rings. The van der Waals surface area contributed by atoms with E-state index in [2.05, 4.69) is 94.8 Å². The minimum absolute atomic E-state index is 0.452. The van der Waals surface area contributed by atoms with Crippen molar-refractivity contribution < 1.29 is 0 Å². The van der Waals surface area contributed by atoms with Gasteiger partial charge in [0.15, 0.2) is 0 Å². The summed E-state index contributed by atoms with van der Waals surface area (Å²) in [5.74, 6) is 0. The lowest BCUT2D eigenvalue weighted by molar-refractivity contribution is 0.772. The van der Waals surface area contributed by atoms with E-state index in [4.69, 9.17) is 0 Å². The van der Waals surface area contributed by atoms with Gasteiger partial charge in [-0.3, -0.25) is 0 Å². The second-order valence-corrected chi connectivity index (χ2v) is 6.98. The molecule has 29 heavy (non-hydrogen) atoms. The highest BCUT2D eigenvalue weighted by molar-refractivity contribution is 5.94. The molecule has 0 saturated carbocycles. The predicted octanol–water partition coefficient (Wildman–Crippen LogP) is 7.75. The molecule has 0 N–H and O–H groups in total. The second kappa shape index (κ2) is 8.32. The van der Waals surface area contributed by atoms with Crippen molar-refractivity contribution in [1.29, 1.82) is 0 Å². The first-order chi connectivity index (χ1) is 14.2. The Bertz CT molecular complexity index is 1070. The maximum atomic E-state index is 4.23. The van der Waals surface area contributed by atoms with Crippen LogP contribution < -0.4 is 0 Å². The van der Waals surface area contributed by atoms with Crippen LogP contribution in [0.15, 0.2) is 139 Å². The van der Waals surface area contributed by atoms with Gasteiger partial charge in [0.1, 0.15) is 0 Å². The van der Waals surface area contributed by atoms with Crippen molar-refractivity contribution in [1.82, 2.24) is 0 Å². The van der Waals surface area contributed by atoms with E-state index < -0.39 is 5.41 Å². The summed E-state index contributed by atoms with van der Waals surface area (Å²) in [4.78, 5) is 0. The molecule has 1 spiro atoms. The minimum atomic E-state index is -0.452. The van der Waals surface area contributed by atoms with Gasteiger partial charge in [-0.15, -0.1) is 0 Å². The molecular formula is C29H28. The molecule has 0 heterocycles. The van der Waals surface area contributed by atoms with Gasteiger partial charge in [-0.2, -0.15) is 0 Å². The standard InChI is InChI=1S/C29H28/c1-7-13-19-27-22(11-5)21(10-4)26(17-9-3)29(27)25(12-6)23(16-8-2)24-18-14-15-20-28(24)29/h7-20H,1,4-6H2,2-3H3/b16-8-,17-9-,19-13-. The van der Waals surface area contributed by atoms with Gasteiger partial charge in [0.25, 0.3) is 0 Å². The summed E-state index contributed by atoms with van der Waals surface area (Å²) in [6, 6.07) is 8.64. The minimum Gasteiger partial charge on any atom is -0.0991 e. The highest BCUT2D eigenvalue weighted by atomic mass is 14.5. The van der Waals surface area contributed by atoms with E-state index in [0.29, 0.717) is 0 Å². The van der Waals surface area contributed by atoms with Crippen molar-refractivity contribution in [2.75, 3.05) is 0 Å². The topological polar surface area (TPSA) is 0 Å². The fourth-order valence-electron chi connectivity index (χ4n) is 4.77. The molecular weight excluding hydrogens is 348 g/mol. The van der Waals surface area contributed by atoms with E-state index in [-0.39, 0.29) is 0 Å². The van der Waals surface area contributed by atoms with Gasteiger partial charge in [-0.05, 0) is 58.4 Å². The average Bonchev–Trinajstić information content (AvgIpc) is 3.17. The third kappa shape index (κ3) is 2.76. The Morgan fingerprint density at radius 1 is 0.690 bits per heavy atom. The third-order valence-corrected chi connectivity index (χ3v) is 5.67. The Labute approximate surface area is 175 Å². The number of hydrogen-bond acceptors (Lipinski definition) is 0. The monoisotopic (exact) mass is 376 g/mol. The first kappa shape index (κ1) is 20.4. The van der Waals surface area contributed by atoms with Crippen LogP contribution in [0.5, 0.6) is 0 Å². The molecule has 0 heteroatoms. The van der Waals surface area contributed by atoms with Crippen molar-refractivity contribution in [2.45, 2.75) is 19.3 Å². The largest absolute Gasteiger partial charge is 0.0991 e. The van der Waals surface area contributed by atoms with Gasteiger partial charge in [-0.25, -0.2) is 0 Å². The van der Waals surface area contributed by atoms with Crippen molar-refractivity contribution in [3.8, 4) is 0 Å². The first-order valence-electron chi connectivity index (χ1n) is 9.93. The molecule has 0 aliphatic heterocycles. The van der Waals surface area contributed by atoms with Crippen LogP contribution >= 0.6 is 0 Å². The van der Waals surface area contributed by atoms with Crippen molar-refractivity contribution >= 4 is 5.57 Å². The van der Waals surface area contributed by atoms with Crippen molar-refractivity contribution in [3.63, 3.8) is 0 Å². The Hall–Kier alpha value is -3.38. The van der Waals surface area contributed by atoms with Gasteiger partial charge in [0, 0.05) is 0 Å². The smallest absolute Gasteiger partial charge is 0.0725 e. The molecule has 0 radical (unpaired) electrons. The van der Waals surface area contributed by atoms with E-state index in [9.17, 15) is 0 Å². The number of allylic oxidation sites excluding steroid dienone is 16. The van der Waals surface area contributed by atoms with Crippen molar-refractivity contribution in [3.05, 3.63) is 150 Å². The van der Waals surface area contributed by atoms with Crippen LogP contribution in [-0.4, -0.2) is 0 Å². The summed E-state index contributed by atoms with van der Waals surface area (Å²) in [7, 11) is 0. The molecule has 0 bridgehead atoms. The summed E-state index contributed by atoms with van der Waals surface area (Å²) < 4.78 is 0. The molecule has 0 amide bonds. The fourth-order valence-corrected chi connectivity index (χ4v) is 4.77. The van der Waals surface area contributed by atoms with Crippen LogP contribution in [0.2, 0.25) is 0 Å². The summed E-state index contributed by atoms with van der Waals surface area (Å²) in [6.07, 6.45) is 20.4. The molecule has 2 aliphatic rings. The van der Waals surface area contributed by atoms with E-state index >= 15 is 0 Å². The van der Waals surface area contributed by atoms with E-state index in [1.54, 1.807) is 0 Å². The molecule has 1 unspecified atom stereocenters. The summed E-state index contributed by atoms with van der Waals surface area (Å²) in [6.45, 7) is 20.5. The lowest BCUT2D eigenvalue weighted by atomic mass is 9.67. The van der Waals surface area contributed by atoms with Gasteiger partial charge in [0.2, 0.25) is 0 Å². The lowest BCUT2D eigenvalue weighted by Crippen LogP contribution is -2.28. The highest BCUT2D eigenvalue weighted by Crippen LogP contribution is 2.61. The van der Waals surface area contributed by atoms with E-state index in [1.165, 1.54) is 33.4 Å². The molecule has 0 fully saturated rings.